The van der Waals surface area contributed by atoms with Gasteiger partial charge in [-0.1, -0.05) is 0 Å². The molecule has 0 saturated heterocycles. The summed E-state index contributed by atoms with van der Waals surface area (Å²) in [7, 11) is -2.98. The first kappa shape index (κ1) is 16.2. The van der Waals surface area contributed by atoms with Crippen molar-refractivity contribution in [2.45, 2.75) is 6.92 Å². The molecule has 0 fully saturated rings. The Morgan fingerprint density at radius 3 is 2.10 bits per heavy atom. The first-order valence-corrected chi connectivity index (χ1v) is 6.55. The van der Waals surface area contributed by atoms with Crippen LogP contribution in [0.25, 0.3) is 10.9 Å². The van der Waals surface area contributed by atoms with Gasteiger partial charge in [0, 0.05) is 30.3 Å². The normalized spacial score (nSPS) is 11.1. The van der Waals surface area contributed by atoms with Gasteiger partial charge in [0.05, 0.1) is 5.52 Å². The van der Waals surface area contributed by atoms with Crippen molar-refractivity contribution < 1.29 is 26.3 Å². The van der Waals surface area contributed by atoms with E-state index in [4.69, 9.17) is 17.5 Å². The van der Waals surface area contributed by atoms with Crippen molar-refractivity contribution in [3.05, 3.63) is 45.8 Å². The molecule has 0 aliphatic rings. The number of benzene rings is 1. The minimum atomic E-state index is -4.67. The summed E-state index contributed by atoms with van der Waals surface area (Å²) in [6.07, 6.45) is 1.60. The summed E-state index contributed by atoms with van der Waals surface area (Å²) < 4.78 is 59.1. The van der Waals surface area contributed by atoms with Gasteiger partial charge in [-0.25, -0.2) is 8.78 Å². The van der Waals surface area contributed by atoms with Crippen LogP contribution in [0.15, 0.2) is 23.1 Å². The van der Waals surface area contributed by atoms with E-state index in [1.165, 1.54) is 0 Å². The van der Waals surface area contributed by atoms with Crippen molar-refractivity contribution in [1.82, 2.24) is 4.57 Å². The molecule has 1 heterocycles. The van der Waals surface area contributed by atoms with E-state index in [-0.39, 0.29) is 10.8 Å². The molecule has 20 heavy (non-hydrogen) atoms. The number of rotatable bonds is 0. The highest BCUT2D eigenvalue weighted by Crippen LogP contribution is 2.15. The maximum absolute atomic E-state index is 13.0. The predicted octanol–water partition coefficient (Wildman–Crippen LogP) is 1.47. The van der Waals surface area contributed by atoms with E-state index >= 15 is 0 Å². The molecule has 110 valence electrons. The SMILES string of the molecule is Cc1cn(C)c2cc(F)c(F)cc2c1=O.O=S(=O)(O)O. The van der Waals surface area contributed by atoms with Crippen molar-refractivity contribution in [3.63, 3.8) is 0 Å². The lowest BCUT2D eigenvalue weighted by Crippen LogP contribution is -2.11. The van der Waals surface area contributed by atoms with Gasteiger partial charge in [0.25, 0.3) is 0 Å². The zero-order valence-corrected chi connectivity index (χ0v) is 11.3. The lowest BCUT2D eigenvalue weighted by molar-refractivity contribution is 0.381. The van der Waals surface area contributed by atoms with E-state index in [0.29, 0.717) is 11.1 Å². The maximum atomic E-state index is 13.0. The number of hydrogen-bond acceptors (Lipinski definition) is 3. The number of aryl methyl sites for hydroxylation is 2. The molecule has 1 aromatic heterocycles. The topological polar surface area (TPSA) is 96.6 Å². The number of hydrogen-bond donors (Lipinski definition) is 2. The first-order chi connectivity index (χ1) is 9.00. The summed E-state index contributed by atoms with van der Waals surface area (Å²) >= 11 is 0. The van der Waals surface area contributed by atoms with E-state index in [1.54, 1.807) is 24.7 Å². The molecule has 0 saturated carbocycles. The van der Waals surface area contributed by atoms with E-state index in [0.717, 1.165) is 12.1 Å². The highest BCUT2D eigenvalue weighted by Gasteiger charge is 2.09. The van der Waals surface area contributed by atoms with Crippen molar-refractivity contribution in [1.29, 1.82) is 0 Å². The van der Waals surface area contributed by atoms with Crippen LogP contribution >= 0.6 is 0 Å². The molecule has 0 aliphatic heterocycles. The van der Waals surface area contributed by atoms with Gasteiger partial charge in [-0.15, -0.1) is 0 Å². The van der Waals surface area contributed by atoms with Crippen LogP contribution in [0, 0.1) is 18.6 Å². The molecule has 1 aromatic carbocycles. The minimum Gasteiger partial charge on any atom is -0.350 e. The van der Waals surface area contributed by atoms with Crippen LogP contribution in [0.1, 0.15) is 5.56 Å². The highest BCUT2D eigenvalue weighted by atomic mass is 32.3. The Labute approximate surface area is 112 Å². The molecule has 0 bridgehead atoms. The third-order valence-electron chi connectivity index (χ3n) is 2.41. The van der Waals surface area contributed by atoms with Gasteiger partial charge in [0.1, 0.15) is 0 Å². The second-order valence-corrected chi connectivity index (χ2v) is 4.88. The summed E-state index contributed by atoms with van der Waals surface area (Å²) in [5.41, 5.74) is 0.641. The third kappa shape index (κ3) is 4.08. The first-order valence-electron chi connectivity index (χ1n) is 5.15. The summed E-state index contributed by atoms with van der Waals surface area (Å²) in [6.45, 7) is 1.64. The van der Waals surface area contributed by atoms with E-state index in [1.807, 2.05) is 0 Å². The molecular weight excluding hydrogens is 296 g/mol. The Kier molecular flexibility index (Phi) is 4.58. The summed E-state index contributed by atoms with van der Waals surface area (Å²) in [5.74, 6) is -1.94. The fourth-order valence-electron chi connectivity index (χ4n) is 1.64. The van der Waals surface area contributed by atoms with Crippen molar-refractivity contribution >= 4 is 21.3 Å². The van der Waals surface area contributed by atoms with Crippen LogP contribution < -0.4 is 5.43 Å². The quantitative estimate of drug-likeness (QED) is 0.718. The van der Waals surface area contributed by atoms with Gasteiger partial charge in [-0.05, 0) is 13.0 Å². The van der Waals surface area contributed by atoms with Crippen LogP contribution in [0.3, 0.4) is 0 Å². The molecule has 0 atom stereocenters. The molecule has 0 amide bonds. The second kappa shape index (κ2) is 5.65. The van der Waals surface area contributed by atoms with Crippen LogP contribution in [-0.4, -0.2) is 22.1 Å². The minimum absolute atomic E-state index is 0.205. The van der Waals surface area contributed by atoms with E-state index < -0.39 is 22.0 Å². The molecule has 9 heteroatoms. The smallest absolute Gasteiger partial charge is 0.350 e. The molecule has 0 aliphatic carbocycles. The third-order valence-corrected chi connectivity index (χ3v) is 2.41. The molecule has 0 spiro atoms. The lowest BCUT2D eigenvalue weighted by Gasteiger charge is -2.06. The van der Waals surface area contributed by atoms with Gasteiger partial charge in [-0.3, -0.25) is 13.9 Å². The molecule has 6 nitrogen and oxygen atoms in total. The van der Waals surface area contributed by atoms with E-state index in [2.05, 4.69) is 0 Å². The number of fused-ring (bicyclic) bond motifs is 1. The molecule has 2 rings (SSSR count). The van der Waals surface area contributed by atoms with Crippen molar-refractivity contribution in [3.8, 4) is 0 Å². The van der Waals surface area contributed by atoms with Crippen LogP contribution in [0.5, 0.6) is 0 Å². The largest absolute Gasteiger partial charge is 0.394 e. The van der Waals surface area contributed by atoms with Gasteiger partial charge in [0.2, 0.25) is 0 Å². The summed E-state index contributed by atoms with van der Waals surface area (Å²) in [5, 5.41) is 0.205. The molecule has 2 N–H and O–H groups in total. The predicted molar refractivity (Wildman–Crippen MR) is 68.0 cm³/mol. The van der Waals surface area contributed by atoms with Crippen LogP contribution in [0.2, 0.25) is 0 Å². The average Bonchev–Trinajstić information content (AvgIpc) is 2.27. The fourth-order valence-corrected chi connectivity index (χ4v) is 1.64. The monoisotopic (exact) mass is 307 g/mol. The molecule has 0 radical (unpaired) electrons. The molecular formula is C11H11F2NO5S. The van der Waals surface area contributed by atoms with Crippen molar-refractivity contribution in [2.75, 3.05) is 0 Å². The zero-order valence-electron chi connectivity index (χ0n) is 10.5. The average molecular weight is 307 g/mol. The summed E-state index contributed by atoms with van der Waals surface area (Å²) in [4.78, 5) is 11.6. The number of halogens is 2. The Morgan fingerprint density at radius 1 is 1.15 bits per heavy atom. The van der Waals surface area contributed by atoms with Crippen LogP contribution in [-0.2, 0) is 17.4 Å². The zero-order chi connectivity index (χ0) is 15.7. The van der Waals surface area contributed by atoms with Crippen molar-refractivity contribution in [2.24, 2.45) is 7.05 Å². The Hall–Kier alpha value is -1.84. The Balaban J connectivity index is 0.000000347. The van der Waals surface area contributed by atoms with Gasteiger partial charge >= 0.3 is 10.4 Å². The highest BCUT2D eigenvalue weighted by molar-refractivity contribution is 7.79. The number of aromatic nitrogens is 1. The van der Waals surface area contributed by atoms with Crippen LogP contribution in [0.4, 0.5) is 8.78 Å². The van der Waals surface area contributed by atoms with Gasteiger partial charge in [-0.2, -0.15) is 8.42 Å². The Bertz CT molecular complexity index is 806. The molecule has 2 aromatic rings. The Morgan fingerprint density at radius 2 is 1.60 bits per heavy atom. The summed E-state index contributed by atoms with van der Waals surface area (Å²) in [6, 6.07) is 1.98. The maximum Gasteiger partial charge on any atom is 0.394 e. The van der Waals surface area contributed by atoms with E-state index in [9.17, 15) is 13.6 Å². The fraction of sp³-hybridized carbons (Fsp3) is 0.182. The number of pyridine rings is 1. The standard InChI is InChI=1S/C11H9F2NO.H2O4S/c1-6-5-14(2)10-4-9(13)8(12)3-7(10)11(6)15;1-5(2,3)4/h3-5H,1-2H3;(H2,1,2,3,4). The molecule has 0 unspecified atom stereocenters. The lowest BCUT2D eigenvalue weighted by atomic mass is 10.1. The van der Waals surface area contributed by atoms with Gasteiger partial charge < -0.3 is 4.57 Å². The number of nitrogens with zero attached hydrogens (tertiary/aromatic N) is 1. The second-order valence-electron chi connectivity index (χ2n) is 3.98. The van der Waals surface area contributed by atoms with Gasteiger partial charge in [0.15, 0.2) is 17.1 Å².